The fourth-order valence-electron chi connectivity index (χ4n) is 7.29. The van der Waals surface area contributed by atoms with Gasteiger partial charge in [-0.2, -0.15) is 0 Å². The van der Waals surface area contributed by atoms with E-state index in [9.17, 15) is 29.7 Å². The van der Waals surface area contributed by atoms with E-state index in [1.165, 1.54) is 0 Å². The molecule has 224 valence electrons. The standard InChI is InChI=1S/C32H39N3O7/c1-5-7-16(6-2)19-14-18(15-35-8-10-42-11-9-35)27(36)23-20(19)12-17-13-21-24(29(38)22(17)28(23)37)30(39)25(32(33)41)31(40)26(21)34(3)4/h6-7,14,17,21,24,26,36-37,40H,2,5,8-13,15H2,1,3-4H3,(H2,33,41)/b16-7+/t17-,21+,24?,26-/m0/s1. The van der Waals surface area contributed by atoms with Gasteiger partial charge in [-0.25, -0.2) is 0 Å². The molecule has 42 heavy (non-hydrogen) atoms. The lowest BCUT2D eigenvalue weighted by Gasteiger charge is -2.46. The van der Waals surface area contributed by atoms with Crippen LogP contribution in [-0.2, 0) is 32.1 Å². The summed E-state index contributed by atoms with van der Waals surface area (Å²) in [5.41, 5.74) is 8.16. The van der Waals surface area contributed by atoms with Crippen LogP contribution in [0.25, 0.3) is 11.3 Å². The minimum Gasteiger partial charge on any atom is -0.510 e. The Morgan fingerprint density at radius 3 is 2.48 bits per heavy atom. The molecule has 5 rings (SSSR count). The van der Waals surface area contributed by atoms with Gasteiger partial charge >= 0.3 is 0 Å². The number of ketones is 2. The molecule has 0 aromatic heterocycles. The lowest BCUT2D eigenvalue weighted by molar-refractivity contribution is -0.136. The number of phenolic OH excluding ortho intramolecular Hbond substituents is 1. The number of allylic oxidation sites excluding steroid dienone is 4. The van der Waals surface area contributed by atoms with Crippen LogP contribution >= 0.6 is 0 Å². The number of primary amides is 1. The number of aliphatic hydroxyl groups excluding tert-OH is 2. The summed E-state index contributed by atoms with van der Waals surface area (Å²) < 4.78 is 5.47. The van der Waals surface area contributed by atoms with Gasteiger partial charge in [0.15, 0.2) is 11.6 Å². The number of Topliss-reactive ketones (excluding diaryl/α,β-unsaturated/α-hetero) is 2. The molecular weight excluding hydrogens is 538 g/mol. The Labute approximate surface area is 245 Å². The van der Waals surface area contributed by atoms with Gasteiger partial charge in [0.2, 0.25) is 0 Å². The van der Waals surface area contributed by atoms with Crippen molar-refractivity contribution in [2.75, 3.05) is 40.4 Å². The maximum Gasteiger partial charge on any atom is 0.255 e. The molecule has 4 aliphatic rings. The number of rotatable bonds is 7. The minimum atomic E-state index is -1.28. The van der Waals surface area contributed by atoms with Crippen LogP contribution in [0, 0.1) is 17.8 Å². The van der Waals surface area contributed by atoms with Gasteiger partial charge in [0.25, 0.3) is 5.91 Å². The Bertz CT molecular complexity index is 1450. The third kappa shape index (κ3) is 4.77. The number of amides is 1. The molecular formula is C32H39N3O7. The molecule has 0 spiro atoms. The normalized spacial score (nSPS) is 26.7. The topological polar surface area (TPSA) is 154 Å². The first-order valence-electron chi connectivity index (χ1n) is 14.4. The van der Waals surface area contributed by atoms with Crippen LogP contribution in [-0.4, -0.2) is 89.0 Å². The van der Waals surface area contributed by atoms with Gasteiger partial charge in [0.05, 0.1) is 30.7 Å². The first kappa shape index (κ1) is 29.8. The minimum absolute atomic E-state index is 0.0733. The van der Waals surface area contributed by atoms with Crippen molar-refractivity contribution in [1.82, 2.24) is 9.80 Å². The monoisotopic (exact) mass is 577 g/mol. The van der Waals surface area contributed by atoms with Gasteiger partial charge in [0, 0.05) is 30.8 Å². The summed E-state index contributed by atoms with van der Waals surface area (Å²) in [6.07, 6.45) is 5.17. The molecule has 1 aliphatic heterocycles. The SMILES string of the molecule is C=C/C(=C\CC)c1cc(CN2CCOCC2)c(O)c2c1C[C@H]1C[C@@H]3C(C(=O)C(C(N)=O)=C(O)[C@H]3N(C)C)C(=O)C1=C2O. The number of aromatic hydroxyl groups is 1. The number of ether oxygens (including phenoxy) is 1. The van der Waals surface area contributed by atoms with Gasteiger partial charge in [-0.15, -0.1) is 0 Å². The van der Waals surface area contributed by atoms with E-state index in [1.807, 2.05) is 19.1 Å². The van der Waals surface area contributed by atoms with Crippen LogP contribution in [0.15, 0.2) is 41.7 Å². The average molecular weight is 578 g/mol. The zero-order valence-corrected chi connectivity index (χ0v) is 24.4. The fraction of sp³-hybridized carbons (Fsp3) is 0.469. The summed E-state index contributed by atoms with van der Waals surface area (Å²) in [6.45, 7) is 9.00. The molecule has 1 unspecified atom stereocenters. The predicted octanol–water partition coefficient (Wildman–Crippen LogP) is 2.66. The Morgan fingerprint density at radius 2 is 1.88 bits per heavy atom. The van der Waals surface area contributed by atoms with Crippen molar-refractivity contribution < 1.29 is 34.4 Å². The largest absolute Gasteiger partial charge is 0.510 e. The molecule has 1 saturated carbocycles. The Balaban J connectivity index is 1.68. The third-order valence-electron chi connectivity index (χ3n) is 9.10. The van der Waals surface area contributed by atoms with Gasteiger partial charge < -0.3 is 25.8 Å². The maximum atomic E-state index is 14.1. The summed E-state index contributed by atoms with van der Waals surface area (Å²) in [5.74, 6) is -5.79. The van der Waals surface area contributed by atoms with E-state index in [0.717, 1.165) is 17.6 Å². The number of carbonyl (C=O) groups is 3. The zero-order valence-electron chi connectivity index (χ0n) is 24.4. The quantitative estimate of drug-likeness (QED) is 0.218. The van der Waals surface area contributed by atoms with E-state index < -0.39 is 52.6 Å². The van der Waals surface area contributed by atoms with E-state index in [-0.39, 0.29) is 22.6 Å². The number of carbonyl (C=O) groups excluding carboxylic acids is 3. The molecule has 1 heterocycles. The fourth-order valence-corrected chi connectivity index (χ4v) is 7.29. The smallest absolute Gasteiger partial charge is 0.255 e. The lowest BCUT2D eigenvalue weighted by atomic mass is 9.59. The van der Waals surface area contributed by atoms with E-state index in [2.05, 4.69) is 11.5 Å². The summed E-state index contributed by atoms with van der Waals surface area (Å²) in [6, 6.07) is 1.16. The van der Waals surface area contributed by atoms with Crippen LogP contribution in [0.2, 0.25) is 0 Å². The highest BCUT2D eigenvalue weighted by atomic mass is 16.5. The zero-order chi connectivity index (χ0) is 30.5. The summed E-state index contributed by atoms with van der Waals surface area (Å²) >= 11 is 0. The van der Waals surface area contributed by atoms with E-state index in [0.29, 0.717) is 56.8 Å². The van der Waals surface area contributed by atoms with E-state index in [1.54, 1.807) is 25.1 Å². The van der Waals surface area contributed by atoms with Crippen molar-refractivity contribution in [3.05, 3.63) is 64.0 Å². The number of morpholine rings is 1. The van der Waals surface area contributed by atoms with Crippen molar-refractivity contribution in [2.45, 2.75) is 38.8 Å². The van der Waals surface area contributed by atoms with Crippen molar-refractivity contribution in [2.24, 2.45) is 23.5 Å². The van der Waals surface area contributed by atoms with Crippen molar-refractivity contribution in [1.29, 1.82) is 0 Å². The number of likely N-dealkylation sites (N-methyl/N-ethyl adjacent to an activating group) is 1. The number of aliphatic hydroxyl groups is 2. The molecule has 4 atom stereocenters. The van der Waals surface area contributed by atoms with Crippen LogP contribution in [0.5, 0.6) is 5.75 Å². The van der Waals surface area contributed by atoms with Gasteiger partial charge in [-0.1, -0.05) is 25.7 Å². The number of benzene rings is 1. The molecule has 0 radical (unpaired) electrons. The van der Waals surface area contributed by atoms with E-state index in [4.69, 9.17) is 10.5 Å². The molecule has 10 heteroatoms. The van der Waals surface area contributed by atoms with Crippen molar-refractivity contribution >= 4 is 28.8 Å². The molecule has 2 fully saturated rings. The highest BCUT2D eigenvalue weighted by Crippen LogP contribution is 2.52. The molecule has 3 aliphatic carbocycles. The second-order valence-corrected chi connectivity index (χ2v) is 11.7. The number of hydrogen-bond acceptors (Lipinski definition) is 9. The van der Waals surface area contributed by atoms with Gasteiger partial charge in [-0.3, -0.25) is 24.2 Å². The highest BCUT2D eigenvalue weighted by Gasteiger charge is 2.56. The molecule has 10 nitrogen and oxygen atoms in total. The molecule has 1 amide bonds. The van der Waals surface area contributed by atoms with Crippen molar-refractivity contribution in [3.63, 3.8) is 0 Å². The Hall–Kier alpha value is -3.73. The molecule has 1 aromatic rings. The maximum absolute atomic E-state index is 14.1. The van der Waals surface area contributed by atoms with Gasteiger partial charge in [0.1, 0.15) is 22.8 Å². The highest BCUT2D eigenvalue weighted by molar-refractivity contribution is 6.28. The second-order valence-electron chi connectivity index (χ2n) is 11.7. The number of phenols is 1. The summed E-state index contributed by atoms with van der Waals surface area (Å²) in [4.78, 5) is 43.6. The molecule has 1 aromatic carbocycles. The summed E-state index contributed by atoms with van der Waals surface area (Å²) in [7, 11) is 3.40. The third-order valence-corrected chi connectivity index (χ3v) is 9.10. The number of hydrogen-bond donors (Lipinski definition) is 4. The van der Waals surface area contributed by atoms with E-state index >= 15 is 0 Å². The van der Waals surface area contributed by atoms with Gasteiger partial charge in [-0.05, 0) is 68.0 Å². The Kier molecular flexibility index (Phi) is 8.15. The summed E-state index contributed by atoms with van der Waals surface area (Å²) in [5, 5.41) is 34.3. The van der Waals surface area contributed by atoms with Crippen LogP contribution < -0.4 is 5.73 Å². The second kappa shape index (κ2) is 11.5. The number of nitrogens with zero attached hydrogens (tertiary/aromatic N) is 2. The average Bonchev–Trinajstić information content (AvgIpc) is 2.93. The molecule has 0 bridgehead atoms. The van der Waals surface area contributed by atoms with Crippen LogP contribution in [0.1, 0.15) is 42.0 Å². The molecule has 1 saturated heterocycles. The molecule has 5 N–H and O–H groups in total. The van der Waals surface area contributed by atoms with Crippen molar-refractivity contribution in [3.8, 4) is 5.75 Å². The Morgan fingerprint density at radius 1 is 1.19 bits per heavy atom. The number of nitrogens with two attached hydrogens (primary N) is 1. The van der Waals surface area contributed by atoms with Crippen LogP contribution in [0.4, 0.5) is 0 Å². The lowest BCUT2D eigenvalue weighted by Crippen LogP contribution is -2.55. The first-order chi connectivity index (χ1) is 20.0. The number of fused-ring (bicyclic) bond motifs is 3. The van der Waals surface area contributed by atoms with Crippen LogP contribution in [0.3, 0.4) is 0 Å². The predicted molar refractivity (Wildman–Crippen MR) is 157 cm³/mol. The first-order valence-corrected chi connectivity index (χ1v) is 14.4.